The van der Waals surface area contributed by atoms with Crippen LogP contribution in [-0.2, 0) is 16.6 Å². The normalized spacial score (nSPS) is 17.3. The summed E-state index contributed by atoms with van der Waals surface area (Å²) in [5.41, 5.74) is 1.93. The zero-order valence-corrected chi connectivity index (χ0v) is 21.0. The smallest absolute Gasteiger partial charge is 0.308 e. The molecule has 1 aromatic heterocycles. The van der Waals surface area contributed by atoms with Gasteiger partial charge in [-0.1, -0.05) is 53.3 Å². The molecule has 1 atom stereocenters. The molecule has 0 aliphatic carbocycles. The average Bonchev–Trinajstić information content (AvgIpc) is 3.08. The van der Waals surface area contributed by atoms with E-state index in [9.17, 15) is 13.2 Å². The van der Waals surface area contributed by atoms with Crippen LogP contribution in [0.3, 0.4) is 0 Å². The van der Waals surface area contributed by atoms with Crippen LogP contribution >= 0.6 is 22.9 Å². The van der Waals surface area contributed by atoms with Crippen LogP contribution in [0.25, 0.3) is 10.2 Å². The number of benzene rings is 3. The SMILES string of the molecule is CC1(C)C[C@@H](NS(=O)(=O)c2ccc3c(c2)sc(=O)n3Cc2ccc(Cl)cc2)c2ccccc2O1. The standard InChI is InChI=1S/C25H23ClN2O4S2/c1-25(2)14-20(19-5-3-4-6-22(19)32-25)27-34(30,31)18-11-12-21-23(13-18)33-24(29)28(21)15-16-7-9-17(26)10-8-16/h3-13,20,27H,14-15H2,1-2H3/t20-/m1/s1. The van der Waals surface area contributed by atoms with E-state index in [0.717, 1.165) is 22.5 Å². The largest absolute Gasteiger partial charge is 0.487 e. The summed E-state index contributed by atoms with van der Waals surface area (Å²) in [4.78, 5) is 12.7. The van der Waals surface area contributed by atoms with E-state index < -0.39 is 21.7 Å². The van der Waals surface area contributed by atoms with Crippen LogP contribution in [0.1, 0.15) is 37.4 Å². The molecule has 0 bridgehead atoms. The number of aromatic nitrogens is 1. The Labute approximate surface area is 206 Å². The molecule has 0 amide bonds. The van der Waals surface area contributed by atoms with Crippen molar-refractivity contribution >= 4 is 43.2 Å². The van der Waals surface area contributed by atoms with Gasteiger partial charge in [0, 0.05) is 17.0 Å². The fraction of sp³-hybridized carbons (Fsp3) is 0.240. The van der Waals surface area contributed by atoms with Gasteiger partial charge in [0.05, 0.1) is 27.7 Å². The highest BCUT2D eigenvalue weighted by molar-refractivity contribution is 7.89. The molecule has 176 valence electrons. The van der Waals surface area contributed by atoms with E-state index in [1.54, 1.807) is 34.9 Å². The van der Waals surface area contributed by atoms with Crippen LogP contribution in [0.2, 0.25) is 5.02 Å². The van der Waals surface area contributed by atoms with E-state index in [2.05, 4.69) is 4.72 Å². The van der Waals surface area contributed by atoms with Crippen molar-refractivity contribution in [1.82, 2.24) is 9.29 Å². The van der Waals surface area contributed by atoms with Gasteiger partial charge >= 0.3 is 4.87 Å². The van der Waals surface area contributed by atoms with Gasteiger partial charge in [-0.15, -0.1) is 0 Å². The molecule has 0 spiro atoms. The predicted molar refractivity (Wildman–Crippen MR) is 135 cm³/mol. The zero-order chi connectivity index (χ0) is 24.1. The maximum Gasteiger partial charge on any atom is 0.308 e. The quantitative estimate of drug-likeness (QED) is 0.389. The van der Waals surface area contributed by atoms with Crippen molar-refractivity contribution in [3.63, 3.8) is 0 Å². The fourth-order valence-electron chi connectivity index (χ4n) is 4.30. The van der Waals surface area contributed by atoms with Gasteiger partial charge in [0.25, 0.3) is 0 Å². The van der Waals surface area contributed by atoms with Crippen LogP contribution in [0.15, 0.2) is 76.4 Å². The number of nitrogens with zero attached hydrogens (tertiary/aromatic N) is 1. The van der Waals surface area contributed by atoms with Crippen LogP contribution in [0.4, 0.5) is 0 Å². The van der Waals surface area contributed by atoms with Crippen LogP contribution < -0.4 is 14.3 Å². The second-order valence-electron chi connectivity index (χ2n) is 8.99. The predicted octanol–water partition coefficient (Wildman–Crippen LogP) is 5.35. The number of nitrogens with one attached hydrogen (secondary N) is 1. The van der Waals surface area contributed by atoms with Crippen molar-refractivity contribution in [2.75, 3.05) is 0 Å². The monoisotopic (exact) mass is 514 g/mol. The number of sulfonamides is 1. The van der Waals surface area contributed by atoms with Gasteiger partial charge in [-0.2, -0.15) is 0 Å². The highest BCUT2D eigenvalue weighted by Crippen LogP contribution is 2.40. The number of halogens is 1. The first kappa shape index (κ1) is 23.1. The lowest BCUT2D eigenvalue weighted by atomic mass is 9.90. The molecule has 1 aliphatic rings. The van der Waals surface area contributed by atoms with E-state index in [1.165, 1.54) is 0 Å². The molecule has 1 aliphatic heterocycles. The fourth-order valence-corrected chi connectivity index (χ4v) is 6.67. The van der Waals surface area contributed by atoms with E-state index in [-0.39, 0.29) is 9.77 Å². The molecule has 34 heavy (non-hydrogen) atoms. The number of thiazole rings is 1. The third-order valence-corrected chi connectivity index (χ3v) is 8.54. The van der Waals surface area contributed by atoms with E-state index in [1.807, 2.05) is 50.2 Å². The summed E-state index contributed by atoms with van der Waals surface area (Å²) in [5, 5.41) is 0.629. The molecule has 5 rings (SSSR count). The summed E-state index contributed by atoms with van der Waals surface area (Å²) < 4.78 is 37.8. The summed E-state index contributed by atoms with van der Waals surface area (Å²) in [7, 11) is -3.84. The van der Waals surface area contributed by atoms with Gasteiger partial charge in [-0.25, -0.2) is 13.1 Å². The molecule has 0 saturated heterocycles. The van der Waals surface area contributed by atoms with Gasteiger partial charge in [0.15, 0.2) is 0 Å². The first-order chi connectivity index (χ1) is 16.1. The molecule has 2 heterocycles. The van der Waals surface area contributed by atoms with Gasteiger partial charge in [0.1, 0.15) is 11.4 Å². The Morgan fingerprint density at radius 2 is 1.85 bits per heavy atom. The van der Waals surface area contributed by atoms with Gasteiger partial charge in [0.2, 0.25) is 10.0 Å². The van der Waals surface area contributed by atoms with Gasteiger partial charge in [-0.3, -0.25) is 9.36 Å². The van der Waals surface area contributed by atoms with Crippen molar-refractivity contribution in [2.45, 2.75) is 43.4 Å². The van der Waals surface area contributed by atoms with E-state index in [0.29, 0.717) is 34.0 Å². The first-order valence-corrected chi connectivity index (χ1v) is 13.5. The highest BCUT2D eigenvalue weighted by Gasteiger charge is 2.36. The summed E-state index contributed by atoms with van der Waals surface area (Å²) in [6.07, 6.45) is 0.496. The number of ether oxygens (including phenoxy) is 1. The number of para-hydroxylation sites is 1. The lowest BCUT2D eigenvalue weighted by Gasteiger charge is -2.37. The Morgan fingerprint density at radius 1 is 1.12 bits per heavy atom. The summed E-state index contributed by atoms with van der Waals surface area (Å²) in [5.74, 6) is 0.680. The summed E-state index contributed by atoms with van der Waals surface area (Å²) in [6.45, 7) is 4.27. The molecule has 9 heteroatoms. The molecule has 6 nitrogen and oxygen atoms in total. The van der Waals surface area contributed by atoms with Crippen molar-refractivity contribution < 1.29 is 13.2 Å². The van der Waals surface area contributed by atoms with Crippen molar-refractivity contribution in [3.8, 4) is 5.75 Å². The molecule has 1 N–H and O–H groups in total. The average molecular weight is 515 g/mol. The first-order valence-electron chi connectivity index (χ1n) is 10.8. The molecular formula is C25H23ClN2O4S2. The Bertz CT molecular complexity index is 1540. The van der Waals surface area contributed by atoms with Crippen molar-refractivity contribution in [3.05, 3.63) is 92.5 Å². The number of rotatable bonds is 5. The lowest BCUT2D eigenvalue weighted by molar-refractivity contribution is 0.0702. The number of hydrogen-bond donors (Lipinski definition) is 1. The Hall–Kier alpha value is -2.65. The van der Waals surface area contributed by atoms with Crippen molar-refractivity contribution in [2.24, 2.45) is 0 Å². The second kappa shape index (κ2) is 8.53. The van der Waals surface area contributed by atoms with Crippen molar-refractivity contribution in [1.29, 1.82) is 0 Å². The summed E-state index contributed by atoms with van der Waals surface area (Å²) >= 11 is 6.99. The molecule has 0 saturated carbocycles. The molecule has 0 radical (unpaired) electrons. The second-order valence-corrected chi connectivity index (χ2v) is 12.1. The van der Waals surface area contributed by atoms with E-state index >= 15 is 0 Å². The minimum Gasteiger partial charge on any atom is -0.487 e. The third kappa shape index (κ3) is 4.51. The van der Waals surface area contributed by atoms with Crippen LogP contribution in [0, 0.1) is 0 Å². The van der Waals surface area contributed by atoms with E-state index in [4.69, 9.17) is 16.3 Å². The lowest BCUT2D eigenvalue weighted by Crippen LogP contribution is -2.41. The molecule has 0 fully saturated rings. The van der Waals surface area contributed by atoms with Crippen LogP contribution in [-0.4, -0.2) is 18.6 Å². The Morgan fingerprint density at radius 3 is 2.62 bits per heavy atom. The topological polar surface area (TPSA) is 77.4 Å². The van der Waals surface area contributed by atoms with Gasteiger partial charge < -0.3 is 4.74 Å². The Kier molecular flexibility index (Phi) is 5.80. The number of fused-ring (bicyclic) bond motifs is 2. The maximum absolute atomic E-state index is 13.3. The highest BCUT2D eigenvalue weighted by atomic mass is 35.5. The molecular weight excluding hydrogens is 492 g/mol. The van der Waals surface area contributed by atoms with Gasteiger partial charge in [-0.05, 0) is 55.8 Å². The molecule has 0 unspecified atom stereocenters. The summed E-state index contributed by atoms with van der Waals surface area (Å²) in [6, 6.07) is 19.2. The van der Waals surface area contributed by atoms with Crippen LogP contribution in [0.5, 0.6) is 5.75 Å². The molecule has 4 aromatic rings. The number of hydrogen-bond acceptors (Lipinski definition) is 5. The molecule has 3 aromatic carbocycles. The zero-order valence-electron chi connectivity index (χ0n) is 18.6. The third-order valence-electron chi connectivity index (χ3n) is 5.88. The minimum absolute atomic E-state index is 0.127. The Balaban J connectivity index is 1.46. The minimum atomic E-state index is -3.84. The maximum atomic E-state index is 13.3.